The Hall–Kier alpha value is -2.78. The molecule has 166 valence electrons. The molecule has 3 heterocycles. The van der Waals surface area contributed by atoms with Crippen LogP contribution in [0.3, 0.4) is 0 Å². The van der Waals surface area contributed by atoms with E-state index >= 15 is 0 Å². The van der Waals surface area contributed by atoms with Crippen molar-refractivity contribution in [2.24, 2.45) is 0 Å². The molecule has 2 aromatic rings. The largest absolute Gasteiger partial charge is 0.379 e. The van der Waals surface area contributed by atoms with Crippen molar-refractivity contribution in [2.75, 3.05) is 45.9 Å². The van der Waals surface area contributed by atoms with Gasteiger partial charge in [0.25, 0.3) is 11.8 Å². The van der Waals surface area contributed by atoms with E-state index in [4.69, 9.17) is 4.74 Å². The Morgan fingerprint density at radius 2 is 2.00 bits per heavy atom. The molecule has 0 radical (unpaired) electrons. The van der Waals surface area contributed by atoms with E-state index in [2.05, 4.69) is 15.3 Å². The number of carbonyl (C=O) groups excluding carboxylic acids is 2. The second-order valence-electron chi connectivity index (χ2n) is 7.91. The van der Waals surface area contributed by atoms with E-state index in [1.807, 2.05) is 0 Å². The third-order valence-corrected chi connectivity index (χ3v) is 5.62. The van der Waals surface area contributed by atoms with Crippen molar-refractivity contribution < 1.29 is 18.7 Å². The lowest BCUT2D eigenvalue weighted by molar-refractivity contribution is 0.0374. The van der Waals surface area contributed by atoms with E-state index < -0.39 is 0 Å². The maximum Gasteiger partial charge on any atom is 0.272 e. The number of carbonyl (C=O) groups is 2. The summed E-state index contributed by atoms with van der Waals surface area (Å²) < 4.78 is 20.4. The van der Waals surface area contributed by atoms with Crippen LogP contribution >= 0.6 is 0 Å². The van der Waals surface area contributed by atoms with Gasteiger partial charge in [-0.15, -0.1) is 0 Å². The zero-order chi connectivity index (χ0) is 21.6. The number of nitrogens with one attached hydrogen (secondary N) is 1. The molecular weight excluding hydrogens is 401 g/mol. The molecule has 9 heteroatoms. The number of aryl methyl sites for hydroxylation is 1. The highest BCUT2D eigenvalue weighted by Crippen LogP contribution is 2.17. The van der Waals surface area contributed by atoms with Crippen molar-refractivity contribution in [1.82, 2.24) is 24.9 Å². The highest BCUT2D eigenvalue weighted by molar-refractivity contribution is 5.98. The normalized spacial score (nSPS) is 17.3. The standard InChI is InChI=1S/C22H28FN5O3/c23-18-5-1-4-17(14-18)16-27-8-3-9-28-20(22(27)30)15-19(25-28)21(29)24-6-2-7-26-10-12-31-13-11-26/h1,4-5,14-15H,2-3,6-13,16H2,(H,24,29). The van der Waals surface area contributed by atoms with Gasteiger partial charge in [-0.05, 0) is 37.1 Å². The van der Waals surface area contributed by atoms with Crippen LogP contribution in [0.4, 0.5) is 4.39 Å². The van der Waals surface area contributed by atoms with Crippen LogP contribution in [0.25, 0.3) is 0 Å². The minimum Gasteiger partial charge on any atom is -0.379 e. The van der Waals surface area contributed by atoms with E-state index in [1.54, 1.807) is 27.8 Å². The van der Waals surface area contributed by atoms with Crippen LogP contribution in [-0.2, 0) is 17.8 Å². The zero-order valence-electron chi connectivity index (χ0n) is 17.6. The molecule has 1 N–H and O–H groups in total. The fourth-order valence-electron chi connectivity index (χ4n) is 3.97. The molecule has 2 amide bonds. The van der Waals surface area contributed by atoms with Gasteiger partial charge in [-0.1, -0.05) is 12.1 Å². The number of halogens is 1. The van der Waals surface area contributed by atoms with Gasteiger partial charge in [0, 0.05) is 45.3 Å². The van der Waals surface area contributed by atoms with Crippen molar-refractivity contribution in [2.45, 2.75) is 25.9 Å². The number of fused-ring (bicyclic) bond motifs is 1. The van der Waals surface area contributed by atoms with Gasteiger partial charge in [0.05, 0.1) is 13.2 Å². The predicted molar refractivity (Wildman–Crippen MR) is 112 cm³/mol. The molecular formula is C22H28FN5O3. The molecule has 0 aliphatic carbocycles. The van der Waals surface area contributed by atoms with Crippen LogP contribution in [0.15, 0.2) is 30.3 Å². The molecule has 0 atom stereocenters. The van der Waals surface area contributed by atoms with Gasteiger partial charge in [-0.3, -0.25) is 19.2 Å². The number of morpholine rings is 1. The molecule has 1 aromatic heterocycles. The molecule has 1 saturated heterocycles. The summed E-state index contributed by atoms with van der Waals surface area (Å²) in [7, 11) is 0. The van der Waals surface area contributed by atoms with Gasteiger partial charge in [-0.25, -0.2) is 4.39 Å². The number of hydrogen-bond acceptors (Lipinski definition) is 5. The molecule has 2 aliphatic rings. The average molecular weight is 429 g/mol. The molecule has 0 bridgehead atoms. The monoisotopic (exact) mass is 429 g/mol. The van der Waals surface area contributed by atoms with Gasteiger partial charge < -0.3 is 15.0 Å². The zero-order valence-corrected chi connectivity index (χ0v) is 17.6. The summed E-state index contributed by atoms with van der Waals surface area (Å²) in [6.07, 6.45) is 1.57. The van der Waals surface area contributed by atoms with Crippen molar-refractivity contribution >= 4 is 11.8 Å². The number of amides is 2. The Kier molecular flexibility index (Phi) is 6.93. The van der Waals surface area contributed by atoms with Gasteiger partial charge >= 0.3 is 0 Å². The molecule has 4 rings (SSSR count). The molecule has 1 aromatic carbocycles. The predicted octanol–water partition coefficient (Wildman–Crippen LogP) is 1.52. The van der Waals surface area contributed by atoms with E-state index in [-0.39, 0.29) is 23.3 Å². The average Bonchev–Trinajstić information content (AvgIpc) is 3.15. The van der Waals surface area contributed by atoms with Crippen molar-refractivity contribution in [3.63, 3.8) is 0 Å². The maximum atomic E-state index is 13.5. The topological polar surface area (TPSA) is 79.7 Å². The van der Waals surface area contributed by atoms with Crippen molar-refractivity contribution in [3.05, 3.63) is 53.1 Å². The first-order valence-electron chi connectivity index (χ1n) is 10.8. The Labute approximate surface area is 180 Å². The Bertz CT molecular complexity index is 926. The first-order valence-corrected chi connectivity index (χ1v) is 10.8. The van der Waals surface area contributed by atoms with E-state index in [1.165, 1.54) is 12.1 Å². The lowest BCUT2D eigenvalue weighted by Crippen LogP contribution is -2.38. The third kappa shape index (κ3) is 5.48. The first-order chi connectivity index (χ1) is 15.1. The lowest BCUT2D eigenvalue weighted by Gasteiger charge is -2.26. The first kappa shape index (κ1) is 21.5. The van der Waals surface area contributed by atoms with Gasteiger partial charge in [0.2, 0.25) is 0 Å². The summed E-state index contributed by atoms with van der Waals surface area (Å²) in [6, 6.07) is 7.82. The summed E-state index contributed by atoms with van der Waals surface area (Å²) in [4.78, 5) is 29.6. The minimum atomic E-state index is -0.322. The SMILES string of the molecule is O=C(NCCCN1CCOCC1)c1cc2n(n1)CCCN(Cc1cccc(F)c1)C2=O. The van der Waals surface area contributed by atoms with Crippen LogP contribution < -0.4 is 5.32 Å². The fourth-order valence-corrected chi connectivity index (χ4v) is 3.97. The van der Waals surface area contributed by atoms with Crippen LogP contribution in [0, 0.1) is 5.82 Å². The number of hydrogen-bond donors (Lipinski definition) is 1. The van der Waals surface area contributed by atoms with Crippen LogP contribution in [-0.4, -0.2) is 77.3 Å². The van der Waals surface area contributed by atoms with Crippen LogP contribution in [0.2, 0.25) is 0 Å². The highest BCUT2D eigenvalue weighted by Gasteiger charge is 2.26. The summed E-state index contributed by atoms with van der Waals surface area (Å²) in [5.74, 6) is -0.787. The Morgan fingerprint density at radius 3 is 2.81 bits per heavy atom. The van der Waals surface area contributed by atoms with E-state index in [0.29, 0.717) is 31.9 Å². The molecule has 0 unspecified atom stereocenters. The van der Waals surface area contributed by atoms with Gasteiger partial charge in [0.15, 0.2) is 5.69 Å². The number of benzene rings is 1. The third-order valence-electron chi connectivity index (χ3n) is 5.62. The van der Waals surface area contributed by atoms with Crippen molar-refractivity contribution in [3.8, 4) is 0 Å². The fraction of sp³-hybridized carbons (Fsp3) is 0.500. The summed E-state index contributed by atoms with van der Waals surface area (Å²) >= 11 is 0. The molecule has 1 fully saturated rings. The molecule has 31 heavy (non-hydrogen) atoms. The molecule has 2 aliphatic heterocycles. The lowest BCUT2D eigenvalue weighted by atomic mass is 10.2. The van der Waals surface area contributed by atoms with Crippen molar-refractivity contribution in [1.29, 1.82) is 0 Å². The van der Waals surface area contributed by atoms with E-state index in [0.717, 1.165) is 51.3 Å². The number of ether oxygens (including phenoxy) is 1. The minimum absolute atomic E-state index is 0.194. The summed E-state index contributed by atoms with van der Waals surface area (Å²) in [5, 5.41) is 7.25. The van der Waals surface area contributed by atoms with Gasteiger partial charge in [-0.2, -0.15) is 5.10 Å². The Balaban J connectivity index is 1.34. The highest BCUT2D eigenvalue weighted by atomic mass is 19.1. The summed E-state index contributed by atoms with van der Waals surface area (Å²) in [6.45, 7) is 6.28. The number of nitrogens with zero attached hydrogens (tertiary/aromatic N) is 4. The molecule has 0 spiro atoms. The smallest absolute Gasteiger partial charge is 0.272 e. The van der Waals surface area contributed by atoms with Crippen LogP contribution in [0.5, 0.6) is 0 Å². The second-order valence-corrected chi connectivity index (χ2v) is 7.91. The number of aromatic nitrogens is 2. The molecule has 0 saturated carbocycles. The summed E-state index contributed by atoms with van der Waals surface area (Å²) in [5.41, 5.74) is 1.38. The number of rotatable bonds is 7. The maximum absolute atomic E-state index is 13.5. The van der Waals surface area contributed by atoms with E-state index in [9.17, 15) is 14.0 Å². The second kappa shape index (κ2) is 10.0. The quantitative estimate of drug-likeness (QED) is 0.675. The van der Waals surface area contributed by atoms with Gasteiger partial charge in [0.1, 0.15) is 11.5 Å². The Morgan fingerprint density at radius 1 is 1.16 bits per heavy atom. The van der Waals surface area contributed by atoms with Crippen LogP contribution in [0.1, 0.15) is 39.4 Å². The molecule has 8 nitrogen and oxygen atoms in total.